The fraction of sp³-hybridized carbons (Fsp3) is 0.348. The highest BCUT2D eigenvalue weighted by molar-refractivity contribution is 6.01. The van der Waals surface area contributed by atoms with Gasteiger partial charge in [0, 0.05) is 24.2 Å². The number of amides is 1. The Bertz CT molecular complexity index is 919. The number of Topliss-reactive ketones (excluding diaryl/α,β-unsaturated/α-hetero) is 1. The number of ketones is 1. The van der Waals surface area contributed by atoms with Gasteiger partial charge in [-0.25, -0.2) is 0 Å². The van der Waals surface area contributed by atoms with Crippen LogP contribution in [0, 0.1) is 19.8 Å². The van der Waals surface area contributed by atoms with Crippen LogP contribution in [0.1, 0.15) is 34.8 Å². The number of esters is 1. The number of rotatable bonds is 7. The van der Waals surface area contributed by atoms with E-state index in [1.807, 2.05) is 32.9 Å². The van der Waals surface area contributed by atoms with E-state index in [4.69, 9.17) is 9.47 Å². The molecule has 0 spiro atoms. The number of aryl methyl sites for hydroxylation is 2. The molecule has 6 heteroatoms. The van der Waals surface area contributed by atoms with Gasteiger partial charge in [-0.2, -0.15) is 0 Å². The second-order valence-electron chi connectivity index (χ2n) is 7.18. The smallest absolute Gasteiger partial charge is 0.311 e. The fourth-order valence-corrected chi connectivity index (χ4v) is 3.37. The molecule has 1 fully saturated rings. The zero-order chi connectivity index (χ0) is 21.0. The van der Waals surface area contributed by atoms with E-state index >= 15 is 0 Å². The van der Waals surface area contributed by atoms with Crippen molar-refractivity contribution in [2.45, 2.75) is 27.2 Å². The Hall–Kier alpha value is -3.15. The maximum atomic E-state index is 12.4. The predicted molar refractivity (Wildman–Crippen MR) is 109 cm³/mol. The van der Waals surface area contributed by atoms with Crippen molar-refractivity contribution in [2.24, 2.45) is 5.92 Å². The lowest BCUT2D eigenvalue weighted by atomic mass is 10.0. The summed E-state index contributed by atoms with van der Waals surface area (Å²) < 4.78 is 10.6. The Balaban J connectivity index is 1.58. The van der Waals surface area contributed by atoms with E-state index in [2.05, 4.69) is 0 Å². The van der Waals surface area contributed by atoms with Crippen LogP contribution >= 0.6 is 0 Å². The lowest BCUT2D eigenvalue weighted by molar-refractivity contribution is -0.147. The molecule has 1 atom stereocenters. The van der Waals surface area contributed by atoms with Crippen molar-refractivity contribution < 1.29 is 23.9 Å². The van der Waals surface area contributed by atoms with E-state index in [1.54, 1.807) is 35.2 Å². The van der Waals surface area contributed by atoms with Crippen LogP contribution in [-0.2, 0) is 14.3 Å². The number of benzene rings is 2. The van der Waals surface area contributed by atoms with Crippen LogP contribution in [0.5, 0.6) is 5.75 Å². The maximum absolute atomic E-state index is 12.4. The van der Waals surface area contributed by atoms with E-state index in [-0.39, 0.29) is 31.3 Å². The van der Waals surface area contributed by atoms with Gasteiger partial charge in [0.15, 0.2) is 6.61 Å². The van der Waals surface area contributed by atoms with Gasteiger partial charge in [0.1, 0.15) is 5.75 Å². The Morgan fingerprint density at radius 3 is 2.52 bits per heavy atom. The van der Waals surface area contributed by atoms with Crippen molar-refractivity contribution in [2.75, 3.05) is 24.7 Å². The first kappa shape index (κ1) is 20.6. The number of hydrogen-bond acceptors (Lipinski definition) is 5. The molecule has 1 heterocycles. The zero-order valence-electron chi connectivity index (χ0n) is 16.9. The van der Waals surface area contributed by atoms with Crippen LogP contribution in [0.3, 0.4) is 0 Å². The first-order chi connectivity index (χ1) is 13.9. The highest BCUT2D eigenvalue weighted by Gasteiger charge is 2.36. The molecule has 6 nitrogen and oxygen atoms in total. The Morgan fingerprint density at radius 1 is 1.10 bits per heavy atom. The van der Waals surface area contributed by atoms with Gasteiger partial charge in [0.25, 0.3) is 0 Å². The average Bonchev–Trinajstić information content (AvgIpc) is 3.10. The molecule has 1 amide bonds. The van der Waals surface area contributed by atoms with Crippen LogP contribution in [-0.4, -0.2) is 37.4 Å². The Morgan fingerprint density at radius 2 is 1.83 bits per heavy atom. The Labute approximate surface area is 170 Å². The molecule has 0 N–H and O–H groups in total. The predicted octanol–water partition coefficient (Wildman–Crippen LogP) is 3.48. The summed E-state index contributed by atoms with van der Waals surface area (Å²) >= 11 is 0. The van der Waals surface area contributed by atoms with E-state index in [1.165, 1.54) is 0 Å². The normalized spacial score (nSPS) is 16.0. The molecule has 0 bridgehead atoms. The third kappa shape index (κ3) is 4.83. The summed E-state index contributed by atoms with van der Waals surface area (Å²) in [5.74, 6) is -0.765. The number of anilines is 1. The summed E-state index contributed by atoms with van der Waals surface area (Å²) in [6.45, 7) is 6.14. The van der Waals surface area contributed by atoms with Gasteiger partial charge >= 0.3 is 5.97 Å². The molecular weight excluding hydrogens is 370 g/mol. The van der Waals surface area contributed by atoms with Crippen molar-refractivity contribution in [1.82, 2.24) is 0 Å². The van der Waals surface area contributed by atoms with Crippen molar-refractivity contribution in [3.05, 3.63) is 59.2 Å². The summed E-state index contributed by atoms with van der Waals surface area (Å²) in [5, 5.41) is 0. The molecule has 1 aliphatic heterocycles. The largest absolute Gasteiger partial charge is 0.494 e. The summed E-state index contributed by atoms with van der Waals surface area (Å²) in [4.78, 5) is 38.8. The minimum atomic E-state index is -0.583. The molecule has 3 rings (SSSR count). The van der Waals surface area contributed by atoms with Crippen LogP contribution in [0.25, 0.3) is 0 Å². The van der Waals surface area contributed by atoms with Crippen molar-refractivity contribution in [1.29, 1.82) is 0 Å². The fourth-order valence-electron chi connectivity index (χ4n) is 3.37. The van der Waals surface area contributed by atoms with Crippen LogP contribution < -0.4 is 9.64 Å². The van der Waals surface area contributed by atoms with Crippen molar-refractivity contribution in [3.8, 4) is 5.75 Å². The van der Waals surface area contributed by atoms with Gasteiger partial charge in [-0.15, -0.1) is 0 Å². The van der Waals surface area contributed by atoms with Gasteiger partial charge < -0.3 is 14.4 Å². The van der Waals surface area contributed by atoms with Crippen molar-refractivity contribution >= 4 is 23.3 Å². The molecule has 0 aliphatic carbocycles. The molecule has 1 unspecified atom stereocenters. The Kier molecular flexibility index (Phi) is 6.32. The third-order valence-corrected chi connectivity index (χ3v) is 4.96. The molecule has 152 valence electrons. The SMILES string of the molecule is CCOc1ccc(N2CC(C(=O)OCC(=O)c3cc(C)ccc3C)CC2=O)cc1. The van der Waals surface area contributed by atoms with E-state index in [0.29, 0.717) is 17.9 Å². The first-order valence-corrected chi connectivity index (χ1v) is 9.69. The van der Waals surface area contributed by atoms with Gasteiger partial charge in [0.05, 0.1) is 12.5 Å². The highest BCUT2D eigenvalue weighted by Crippen LogP contribution is 2.27. The number of hydrogen-bond donors (Lipinski definition) is 0. The average molecular weight is 395 g/mol. The second kappa shape index (κ2) is 8.90. The molecule has 29 heavy (non-hydrogen) atoms. The maximum Gasteiger partial charge on any atom is 0.311 e. The lowest BCUT2D eigenvalue weighted by Gasteiger charge is -2.17. The summed E-state index contributed by atoms with van der Waals surface area (Å²) in [7, 11) is 0. The van der Waals surface area contributed by atoms with E-state index < -0.39 is 11.9 Å². The number of ether oxygens (including phenoxy) is 2. The minimum Gasteiger partial charge on any atom is -0.494 e. The quantitative estimate of drug-likeness (QED) is 0.530. The standard InChI is InChI=1S/C23H25NO5/c1-4-28-19-9-7-18(8-10-19)24-13-17(12-22(24)26)23(27)29-14-21(25)20-11-15(2)5-6-16(20)3/h5-11,17H,4,12-14H2,1-3H3. The van der Waals surface area contributed by atoms with Gasteiger partial charge in [-0.1, -0.05) is 17.7 Å². The molecule has 0 aromatic heterocycles. The highest BCUT2D eigenvalue weighted by atomic mass is 16.5. The van der Waals surface area contributed by atoms with Crippen molar-refractivity contribution in [3.63, 3.8) is 0 Å². The van der Waals surface area contributed by atoms with Gasteiger partial charge in [-0.3, -0.25) is 14.4 Å². The minimum absolute atomic E-state index is 0.0731. The molecule has 0 saturated carbocycles. The van der Waals surface area contributed by atoms with Gasteiger partial charge in [-0.05, 0) is 56.7 Å². The number of carbonyl (C=O) groups excluding carboxylic acids is 3. The topological polar surface area (TPSA) is 72.9 Å². The number of nitrogens with zero attached hydrogens (tertiary/aromatic N) is 1. The number of carbonyl (C=O) groups is 3. The summed E-state index contributed by atoms with van der Waals surface area (Å²) in [6, 6.07) is 12.8. The third-order valence-electron chi connectivity index (χ3n) is 4.96. The molecule has 1 aliphatic rings. The van der Waals surface area contributed by atoms with E-state index in [0.717, 1.165) is 16.9 Å². The molecule has 2 aromatic carbocycles. The lowest BCUT2D eigenvalue weighted by Crippen LogP contribution is -2.27. The van der Waals surface area contributed by atoms with Crippen LogP contribution in [0.4, 0.5) is 5.69 Å². The summed E-state index contributed by atoms with van der Waals surface area (Å²) in [5.41, 5.74) is 3.07. The van der Waals surface area contributed by atoms with E-state index in [9.17, 15) is 14.4 Å². The molecule has 0 radical (unpaired) electrons. The second-order valence-corrected chi connectivity index (χ2v) is 7.18. The van der Waals surface area contributed by atoms with Crippen LogP contribution in [0.15, 0.2) is 42.5 Å². The van der Waals surface area contributed by atoms with Crippen LogP contribution in [0.2, 0.25) is 0 Å². The van der Waals surface area contributed by atoms with Gasteiger partial charge in [0.2, 0.25) is 11.7 Å². The molecule has 2 aromatic rings. The zero-order valence-corrected chi connectivity index (χ0v) is 16.9. The first-order valence-electron chi connectivity index (χ1n) is 9.69. The molecule has 1 saturated heterocycles. The monoisotopic (exact) mass is 395 g/mol. The molecular formula is C23H25NO5. The summed E-state index contributed by atoms with van der Waals surface area (Å²) in [6.07, 6.45) is 0.0731.